The largest absolute Gasteiger partial charge is 0.398 e. The first-order valence-corrected chi connectivity index (χ1v) is 2.61. The average Bonchev–Trinajstić information content (AvgIpc) is 1.67. The summed E-state index contributed by atoms with van der Waals surface area (Å²) in [6.45, 7) is 4.74. The van der Waals surface area contributed by atoms with E-state index >= 15 is 0 Å². The quantitative estimate of drug-likeness (QED) is 0.420. The second-order valence-corrected chi connectivity index (χ2v) is 1.57. The van der Waals surface area contributed by atoms with Crippen LogP contribution in [0, 0.1) is 0 Å². The second-order valence-electron chi connectivity index (χ2n) is 1.23. The fraction of sp³-hybridized carbons (Fsp3) is 0.250. The number of carbonyl (C=O) groups excluding carboxylic acids is 1. The van der Waals surface area contributed by atoms with Crippen LogP contribution in [0.4, 0.5) is 0 Å². The monoisotopic (exact) mass is 132 g/mol. The summed E-state index contributed by atoms with van der Waals surface area (Å²) >= 11 is 0. The van der Waals surface area contributed by atoms with Gasteiger partial charge in [0.1, 0.15) is 0 Å². The zero-order chi connectivity index (χ0) is 6.57. The van der Waals surface area contributed by atoms with Gasteiger partial charge in [0.25, 0.3) is 0 Å². The predicted molar refractivity (Wildman–Crippen MR) is 28.5 cm³/mol. The molecule has 0 aliphatic rings. The third-order valence-electron chi connectivity index (χ3n) is 0.469. The van der Waals surface area contributed by atoms with Crippen LogP contribution in [0.5, 0.6) is 0 Å². The molecule has 44 valence electrons. The summed E-state index contributed by atoms with van der Waals surface area (Å²) in [7, 11) is -0.626. The van der Waals surface area contributed by atoms with Crippen molar-refractivity contribution < 1.29 is 13.9 Å². The van der Waals surface area contributed by atoms with Gasteiger partial charge in [-0.1, -0.05) is 6.58 Å². The van der Waals surface area contributed by atoms with Crippen molar-refractivity contribution in [3.8, 4) is 0 Å². The molecule has 0 amide bonds. The SMILES string of the molecule is C=C(C)C(=O)OP=O. The first-order chi connectivity index (χ1) is 3.68. The molecular weight excluding hydrogens is 127 g/mol. The molecule has 3 nitrogen and oxygen atoms in total. The predicted octanol–water partition coefficient (Wildman–Crippen LogP) is 1.31. The van der Waals surface area contributed by atoms with Gasteiger partial charge in [-0.15, -0.1) is 0 Å². The van der Waals surface area contributed by atoms with E-state index in [2.05, 4.69) is 11.1 Å². The minimum absolute atomic E-state index is 0.244. The van der Waals surface area contributed by atoms with Crippen LogP contribution in [0.3, 0.4) is 0 Å². The third-order valence-corrected chi connectivity index (χ3v) is 0.709. The third kappa shape index (κ3) is 2.48. The summed E-state index contributed by atoms with van der Waals surface area (Å²) in [6.07, 6.45) is 0. The second kappa shape index (κ2) is 3.33. The highest BCUT2D eigenvalue weighted by molar-refractivity contribution is 7.18. The summed E-state index contributed by atoms with van der Waals surface area (Å²) < 4.78 is 13.5. The minimum Gasteiger partial charge on any atom is -0.369 e. The van der Waals surface area contributed by atoms with Gasteiger partial charge < -0.3 is 4.52 Å². The van der Waals surface area contributed by atoms with E-state index in [1.165, 1.54) is 6.92 Å². The molecule has 0 fully saturated rings. The molecule has 0 saturated carbocycles. The molecule has 0 rings (SSSR count). The highest BCUT2D eigenvalue weighted by atomic mass is 31.1. The molecule has 0 spiro atoms. The van der Waals surface area contributed by atoms with Crippen molar-refractivity contribution in [1.29, 1.82) is 0 Å². The van der Waals surface area contributed by atoms with Crippen molar-refractivity contribution in [3.63, 3.8) is 0 Å². The van der Waals surface area contributed by atoms with Crippen LogP contribution in [-0.2, 0) is 13.9 Å². The maximum Gasteiger partial charge on any atom is 0.398 e. The normalized spacial score (nSPS) is 8.62. The number of carbonyl (C=O) groups is 1. The highest BCUT2D eigenvalue weighted by Gasteiger charge is 2.00. The fourth-order valence-corrected chi connectivity index (χ4v) is 0.335. The van der Waals surface area contributed by atoms with Crippen molar-refractivity contribution >= 4 is 14.7 Å². The van der Waals surface area contributed by atoms with Crippen LogP contribution < -0.4 is 0 Å². The molecule has 0 N–H and O–H groups in total. The smallest absolute Gasteiger partial charge is 0.369 e. The van der Waals surface area contributed by atoms with E-state index in [0.717, 1.165) is 0 Å². The number of rotatable bonds is 2. The standard InChI is InChI=1S/C4H5O3P/c1-3(2)4(5)7-8-6/h1H2,2H3. The molecule has 0 radical (unpaired) electrons. The molecule has 0 unspecified atom stereocenters. The number of hydrogen-bond donors (Lipinski definition) is 0. The van der Waals surface area contributed by atoms with Gasteiger partial charge in [0, 0.05) is 5.57 Å². The maximum atomic E-state index is 10.2. The van der Waals surface area contributed by atoms with Gasteiger partial charge >= 0.3 is 14.7 Å². The fourth-order valence-electron chi connectivity index (χ4n) is 0.112. The molecule has 0 atom stereocenters. The molecule has 0 aromatic rings. The molecule has 0 aromatic carbocycles. The van der Waals surface area contributed by atoms with Crippen LogP contribution in [0.1, 0.15) is 6.92 Å². The molecule has 0 aliphatic carbocycles. The van der Waals surface area contributed by atoms with E-state index in [4.69, 9.17) is 0 Å². The van der Waals surface area contributed by atoms with Crippen LogP contribution in [0.15, 0.2) is 12.2 Å². The van der Waals surface area contributed by atoms with Gasteiger partial charge in [0.2, 0.25) is 0 Å². The number of hydrogen-bond acceptors (Lipinski definition) is 3. The maximum absolute atomic E-state index is 10.2. The Kier molecular flexibility index (Phi) is 3.04. The van der Waals surface area contributed by atoms with Crippen molar-refractivity contribution in [1.82, 2.24) is 0 Å². The lowest BCUT2D eigenvalue weighted by Gasteiger charge is -1.88. The lowest BCUT2D eigenvalue weighted by molar-refractivity contribution is -0.129. The first-order valence-electron chi connectivity index (χ1n) is 1.88. The molecule has 4 heteroatoms. The molecular formula is C4H5O3P. The summed E-state index contributed by atoms with van der Waals surface area (Å²) in [5, 5.41) is 0. The molecule has 0 aliphatic heterocycles. The zero-order valence-electron chi connectivity index (χ0n) is 4.38. The summed E-state index contributed by atoms with van der Waals surface area (Å²) in [5.41, 5.74) is 0.244. The molecule has 0 aromatic heterocycles. The van der Waals surface area contributed by atoms with Gasteiger partial charge in [0.15, 0.2) is 0 Å². The van der Waals surface area contributed by atoms with Crippen molar-refractivity contribution in [2.45, 2.75) is 6.92 Å². The summed E-state index contributed by atoms with van der Waals surface area (Å²) in [4.78, 5) is 10.2. The Hall–Kier alpha value is -0.690. The topological polar surface area (TPSA) is 43.4 Å². The van der Waals surface area contributed by atoms with Gasteiger partial charge in [-0.3, -0.25) is 0 Å². The Bertz CT molecular complexity index is 129. The Morgan fingerprint density at radius 3 is 2.38 bits per heavy atom. The Morgan fingerprint density at radius 2 is 2.25 bits per heavy atom. The van der Waals surface area contributed by atoms with Gasteiger partial charge in [-0.05, 0) is 6.92 Å². The molecule has 8 heavy (non-hydrogen) atoms. The summed E-state index contributed by atoms with van der Waals surface area (Å²) in [5.74, 6) is -0.637. The zero-order valence-corrected chi connectivity index (χ0v) is 5.27. The van der Waals surface area contributed by atoms with Crippen molar-refractivity contribution in [2.75, 3.05) is 0 Å². The van der Waals surface area contributed by atoms with Gasteiger partial charge in [-0.2, -0.15) is 0 Å². The van der Waals surface area contributed by atoms with E-state index in [-0.39, 0.29) is 5.57 Å². The average molecular weight is 132 g/mol. The molecule has 0 heterocycles. The van der Waals surface area contributed by atoms with Crippen LogP contribution in [0.25, 0.3) is 0 Å². The molecule has 0 bridgehead atoms. The van der Waals surface area contributed by atoms with Crippen molar-refractivity contribution in [2.24, 2.45) is 0 Å². The van der Waals surface area contributed by atoms with E-state index in [9.17, 15) is 9.36 Å². The van der Waals surface area contributed by atoms with E-state index in [1.807, 2.05) is 0 Å². The lowest BCUT2D eigenvalue weighted by Crippen LogP contribution is -1.95. The van der Waals surface area contributed by atoms with E-state index in [1.54, 1.807) is 0 Å². The van der Waals surface area contributed by atoms with Crippen LogP contribution in [-0.4, -0.2) is 5.97 Å². The highest BCUT2D eigenvalue weighted by Crippen LogP contribution is 2.00. The van der Waals surface area contributed by atoms with Gasteiger partial charge in [0.05, 0.1) is 0 Å². The van der Waals surface area contributed by atoms with Gasteiger partial charge in [-0.25, -0.2) is 9.36 Å². The van der Waals surface area contributed by atoms with Crippen LogP contribution in [0.2, 0.25) is 0 Å². The molecule has 0 saturated heterocycles. The van der Waals surface area contributed by atoms with Crippen molar-refractivity contribution in [3.05, 3.63) is 12.2 Å². The minimum atomic E-state index is -0.637. The first kappa shape index (κ1) is 7.31. The Labute approximate surface area is 48.6 Å². The van der Waals surface area contributed by atoms with E-state index in [0.29, 0.717) is 0 Å². The lowest BCUT2D eigenvalue weighted by atomic mass is 10.4. The van der Waals surface area contributed by atoms with Crippen LogP contribution >= 0.6 is 8.69 Å². The Morgan fingerprint density at radius 1 is 1.75 bits per heavy atom. The Balaban J connectivity index is 3.65. The van der Waals surface area contributed by atoms with E-state index < -0.39 is 14.7 Å². The summed E-state index contributed by atoms with van der Waals surface area (Å²) in [6, 6.07) is 0.